The predicted octanol–water partition coefficient (Wildman–Crippen LogP) is 4.27. The van der Waals surface area contributed by atoms with Gasteiger partial charge in [-0.1, -0.05) is 11.6 Å². The normalized spacial score (nSPS) is 14.0. The minimum Gasteiger partial charge on any atom is -0.494 e. The van der Waals surface area contributed by atoms with Crippen LogP contribution in [-0.2, 0) is 11.8 Å². The summed E-state index contributed by atoms with van der Waals surface area (Å²) in [5.41, 5.74) is 4.45. The molecule has 0 unspecified atom stereocenters. The van der Waals surface area contributed by atoms with Crippen LogP contribution < -0.4 is 15.0 Å². The number of aryl methyl sites for hydroxylation is 1. The zero-order chi connectivity index (χ0) is 22.1. The molecule has 1 fully saturated rings. The quantitative estimate of drug-likeness (QED) is 0.486. The van der Waals surface area contributed by atoms with Crippen LogP contribution in [0.25, 0.3) is 22.0 Å². The number of hydrogen-bond acceptors (Lipinski definition) is 7. The molecule has 0 saturated carbocycles. The summed E-state index contributed by atoms with van der Waals surface area (Å²) in [6.07, 6.45) is 5.40. The van der Waals surface area contributed by atoms with Crippen LogP contribution in [0.5, 0.6) is 5.75 Å². The van der Waals surface area contributed by atoms with Crippen molar-refractivity contribution < 1.29 is 9.47 Å². The van der Waals surface area contributed by atoms with Crippen LogP contribution in [0.2, 0.25) is 5.02 Å². The SMILES string of the molecule is COc1c(-c2cnn(C)c2)cc(Cl)c2cnc(Nc3ccc(N4CCOCC4)cc3)nc12. The van der Waals surface area contributed by atoms with Crippen molar-refractivity contribution in [3.63, 3.8) is 0 Å². The highest BCUT2D eigenvalue weighted by Gasteiger charge is 2.17. The number of halogens is 1. The molecule has 0 radical (unpaired) electrons. The lowest BCUT2D eigenvalue weighted by molar-refractivity contribution is 0.122. The monoisotopic (exact) mass is 450 g/mol. The lowest BCUT2D eigenvalue weighted by Crippen LogP contribution is -2.36. The molecule has 4 aromatic rings. The molecule has 0 aliphatic carbocycles. The molecule has 8 nitrogen and oxygen atoms in total. The standard InChI is InChI=1S/C23H23ClN6O2/c1-29-14-15(12-26-29)18-11-20(24)19-13-25-23(28-21(19)22(18)31-2)27-16-3-5-17(6-4-16)30-7-9-32-10-8-30/h3-6,11-14H,7-10H2,1-2H3,(H,25,27,28). The highest BCUT2D eigenvalue weighted by atomic mass is 35.5. The van der Waals surface area contributed by atoms with E-state index >= 15 is 0 Å². The second-order valence-corrected chi connectivity index (χ2v) is 7.98. The molecule has 0 spiro atoms. The first kappa shape index (κ1) is 20.5. The average Bonchev–Trinajstić information content (AvgIpc) is 3.26. The minimum absolute atomic E-state index is 0.467. The van der Waals surface area contributed by atoms with Gasteiger partial charge < -0.3 is 19.7 Å². The van der Waals surface area contributed by atoms with E-state index in [0.29, 0.717) is 22.2 Å². The van der Waals surface area contributed by atoms with Gasteiger partial charge >= 0.3 is 0 Å². The van der Waals surface area contributed by atoms with Gasteiger partial charge in [-0.15, -0.1) is 0 Å². The molecule has 1 aliphatic rings. The van der Waals surface area contributed by atoms with E-state index < -0.39 is 0 Å². The average molecular weight is 451 g/mol. The first-order valence-electron chi connectivity index (χ1n) is 10.3. The Morgan fingerprint density at radius 2 is 1.91 bits per heavy atom. The van der Waals surface area contributed by atoms with Crippen molar-refractivity contribution in [3.8, 4) is 16.9 Å². The Balaban J connectivity index is 1.47. The summed E-state index contributed by atoms with van der Waals surface area (Å²) in [6.45, 7) is 3.33. The van der Waals surface area contributed by atoms with E-state index in [4.69, 9.17) is 26.1 Å². The number of nitrogens with one attached hydrogen (secondary N) is 1. The lowest BCUT2D eigenvalue weighted by Gasteiger charge is -2.28. The highest BCUT2D eigenvalue weighted by molar-refractivity contribution is 6.36. The molecule has 0 bridgehead atoms. The van der Waals surface area contributed by atoms with E-state index in [2.05, 4.69) is 32.4 Å². The molecule has 2 aromatic carbocycles. The number of nitrogens with zero attached hydrogens (tertiary/aromatic N) is 5. The minimum atomic E-state index is 0.467. The molecule has 1 N–H and O–H groups in total. The van der Waals surface area contributed by atoms with Crippen LogP contribution in [0, 0.1) is 0 Å². The van der Waals surface area contributed by atoms with E-state index in [1.54, 1.807) is 24.2 Å². The molecule has 0 atom stereocenters. The molecular weight excluding hydrogens is 428 g/mol. The van der Waals surface area contributed by atoms with Crippen LogP contribution in [0.4, 0.5) is 17.3 Å². The van der Waals surface area contributed by atoms with E-state index in [0.717, 1.165) is 48.5 Å². The zero-order valence-electron chi connectivity index (χ0n) is 17.9. The molecule has 5 rings (SSSR count). The van der Waals surface area contributed by atoms with Gasteiger partial charge in [-0.2, -0.15) is 5.10 Å². The fourth-order valence-electron chi connectivity index (χ4n) is 3.88. The number of hydrogen-bond donors (Lipinski definition) is 1. The Hall–Kier alpha value is -3.36. The summed E-state index contributed by atoms with van der Waals surface area (Å²) in [5, 5.41) is 8.82. The Kier molecular flexibility index (Phi) is 5.55. The summed E-state index contributed by atoms with van der Waals surface area (Å²) in [7, 11) is 3.50. The maximum atomic E-state index is 6.55. The third-order valence-electron chi connectivity index (χ3n) is 5.50. The fraction of sp³-hybridized carbons (Fsp3) is 0.261. The number of rotatable bonds is 5. The second-order valence-electron chi connectivity index (χ2n) is 7.57. The third-order valence-corrected chi connectivity index (χ3v) is 5.81. The van der Waals surface area contributed by atoms with E-state index in [1.807, 2.05) is 31.4 Å². The first-order valence-corrected chi connectivity index (χ1v) is 10.7. The Morgan fingerprint density at radius 1 is 1.12 bits per heavy atom. The molecule has 164 valence electrons. The summed E-state index contributed by atoms with van der Waals surface area (Å²) < 4.78 is 12.9. The Morgan fingerprint density at radius 3 is 2.59 bits per heavy atom. The van der Waals surface area contributed by atoms with Crippen molar-refractivity contribution in [2.45, 2.75) is 0 Å². The maximum absolute atomic E-state index is 6.55. The molecule has 1 aliphatic heterocycles. The van der Waals surface area contributed by atoms with Gasteiger partial charge in [0.15, 0.2) is 5.75 Å². The van der Waals surface area contributed by atoms with Crippen LogP contribution in [0.15, 0.2) is 48.9 Å². The van der Waals surface area contributed by atoms with Gasteiger partial charge in [0.2, 0.25) is 5.95 Å². The zero-order valence-corrected chi connectivity index (χ0v) is 18.6. The number of anilines is 3. The van der Waals surface area contributed by atoms with Crippen molar-refractivity contribution in [2.75, 3.05) is 43.6 Å². The summed E-state index contributed by atoms with van der Waals surface area (Å²) >= 11 is 6.55. The van der Waals surface area contributed by atoms with Crippen LogP contribution in [-0.4, -0.2) is 53.2 Å². The molecular formula is C23H23ClN6O2. The smallest absolute Gasteiger partial charge is 0.227 e. The molecule has 9 heteroatoms. The van der Waals surface area contributed by atoms with Gasteiger partial charge in [-0.05, 0) is 30.3 Å². The molecule has 3 heterocycles. The van der Waals surface area contributed by atoms with Gasteiger partial charge in [0.05, 0.1) is 31.5 Å². The van der Waals surface area contributed by atoms with Gasteiger partial charge in [-0.25, -0.2) is 9.97 Å². The van der Waals surface area contributed by atoms with Crippen LogP contribution in [0.3, 0.4) is 0 Å². The summed E-state index contributed by atoms with van der Waals surface area (Å²) in [4.78, 5) is 11.5. The first-order chi connectivity index (χ1) is 15.6. The molecule has 32 heavy (non-hydrogen) atoms. The van der Waals surface area contributed by atoms with Crippen molar-refractivity contribution >= 4 is 39.8 Å². The van der Waals surface area contributed by atoms with Gasteiger partial charge in [0.25, 0.3) is 0 Å². The van der Waals surface area contributed by atoms with E-state index in [-0.39, 0.29) is 0 Å². The number of benzene rings is 2. The van der Waals surface area contributed by atoms with Gasteiger partial charge in [0, 0.05) is 60.4 Å². The van der Waals surface area contributed by atoms with Crippen molar-refractivity contribution in [3.05, 3.63) is 53.9 Å². The molecule has 0 amide bonds. The van der Waals surface area contributed by atoms with Gasteiger partial charge in [0.1, 0.15) is 5.52 Å². The topological polar surface area (TPSA) is 77.3 Å². The van der Waals surface area contributed by atoms with Crippen molar-refractivity contribution in [1.82, 2.24) is 19.7 Å². The number of methoxy groups -OCH3 is 1. The van der Waals surface area contributed by atoms with Gasteiger partial charge in [-0.3, -0.25) is 4.68 Å². The van der Waals surface area contributed by atoms with Crippen LogP contribution >= 0.6 is 11.6 Å². The lowest BCUT2D eigenvalue weighted by atomic mass is 10.1. The molecule has 2 aromatic heterocycles. The second kappa shape index (κ2) is 8.64. The van der Waals surface area contributed by atoms with Crippen LogP contribution in [0.1, 0.15) is 0 Å². The molecule has 1 saturated heterocycles. The fourth-order valence-corrected chi connectivity index (χ4v) is 4.12. The van der Waals surface area contributed by atoms with E-state index in [9.17, 15) is 0 Å². The largest absolute Gasteiger partial charge is 0.494 e. The number of morpholine rings is 1. The highest BCUT2D eigenvalue weighted by Crippen LogP contribution is 2.40. The Bertz CT molecular complexity index is 1250. The number of fused-ring (bicyclic) bond motifs is 1. The summed E-state index contributed by atoms with van der Waals surface area (Å²) in [5.74, 6) is 1.10. The Labute approximate surface area is 190 Å². The summed E-state index contributed by atoms with van der Waals surface area (Å²) in [6, 6.07) is 10.1. The predicted molar refractivity (Wildman–Crippen MR) is 126 cm³/mol. The van der Waals surface area contributed by atoms with Crippen molar-refractivity contribution in [1.29, 1.82) is 0 Å². The van der Waals surface area contributed by atoms with Crippen molar-refractivity contribution in [2.24, 2.45) is 7.05 Å². The maximum Gasteiger partial charge on any atom is 0.227 e. The number of ether oxygens (including phenoxy) is 2. The van der Waals surface area contributed by atoms with E-state index in [1.165, 1.54) is 5.69 Å². The number of aromatic nitrogens is 4. The third kappa shape index (κ3) is 3.94.